The second-order valence-corrected chi connectivity index (χ2v) is 6.03. The first-order valence-electron chi connectivity index (χ1n) is 8.32. The van der Waals surface area contributed by atoms with Gasteiger partial charge < -0.3 is 10.4 Å². The zero-order valence-electron chi connectivity index (χ0n) is 12.8. The Labute approximate surface area is 123 Å². The molecule has 0 bridgehead atoms. The number of rotatable bonds is 9. The van der Waals surface area contributed by atoms with Crippen molar-refractivity contribution in [3.05, 3.63) is 35.4 Å². The number of unbranched alkanes of at least 4 members (excludes halogenated alkanes) is 6. The Morgan fingerprint density at radius 3 is 2.60 bits per heavy atom. The molecule has 2 nitrogen and oxygen atoms in total. The van der Waals surface area contributed by atoms with Crippen molar-refractivity contribution in [3.63, 3.8) is 0 Å². The number of hydrogen-bond donors (Lipinski definition) is 2. The Hall–Kier alpha value is -0.860. The molecule has 20 heavy (non-hydrogen) atoms. The largest absolute Gasteiger partial charge is 0.391 e. The lowest BCUT2D eigenvalue weighted by molar-refractivity contribution is 0.119. The molecule has 1 aliphatic heterocycles. The van der Waals surface area contributed by atoms with Crippen molar-refractivity contribution >= 4 is 0 Å². The van der Waals surface area contributed by atoms with Crippen molar-refractivity contribution in [1.82, 2.24) is 5.32 Å². The Morgan fingerprint density at radius 2 is 1.80 bits per heavy atom. The summed E-state index contributed by atoms with van der Waals surface area (Å²) in [5.41, 5.74) is 2.64. The molecule has 2 unspecified atom stereocenters. The maximum atomic E-state index is 10.4. The summed E-state index contributed by atoms with van der Waals surface area (Å²) in [6.45, 7) is 3.15. The fourth-order valence-electron chi connectivity index (χ4n) is 3.15. The van der Waals surface area contributed by atoms with Crippen LogP contribution in [0.25, 0.3) is 0 Å². The Kier molecular flexibility index (Phi) is 6.55. The minimum Gasteiger partial charge on any atom is -0.391 e. The Bertz CT molecular complexity index is 391. The van der Waals surface area contributed by atoms with Gasteiger partial charge in [0.05, 0.1) is 12.1 Å². The van der Waals surface area contributed by atoms with E-state index in [1.807, 2.05) is 0 Å². The molecule has 2 heteroatoms. The van der Waals surface area contributed by atoms with Crippen LogP contribution >= 0.6 is 0 Å². The average molecular weight is 275 g/mol. The zero-order valence-corrected chi connectivity index (χ0v) is 12.8. The highest BCUT2D eigenvalue weighted by Gasteiger charge is 2.27. The van der Waals surface area contributed by atoms with Gasteiger partial charge in [0, 0.05) is 6.54 Å². The van der Waals surface area contributed by atoms with Gasteiger partial charge in [-0.05, 0) is 17.5 Å². The third-order valence-corrected chi connectivity index (χ3v) is 4.39. The molecule has 2 atom stereocenters. The molecule has 1 aromatic carbocycles. The SMILES string of the molecule is CCCCCCCCCC(O)C1NCc2ccccc21. The fraction of sp³-hybridized carbons (Fsp3) is 0.667. The van der Waals surface area contributed by atoms with Crippen molar-refractivity contribution in [2.24, 2.45) is 0 Å². The van der Waals surface area contributed by atoms with Crippen LogP contribution < -0.4 is 5.32 Å². The van der Waals surface area contributed by atoms with E-state index in [1.165, 1.54) is 49.7 Å². The Balaban J connectivity index is 1.65. The lowest BCUT2D eigenvalue weighted by atomic mass is 9.97. The molecule has 0 aliphatic carbocycles. The normalized spacial score (nSPS) is 19.0. The smallest absolute Gasteiger partial charge is 0.0735 e. The first-order chi connectivity index (χ1) is 9.83. The van der Waals surface area contributed by atoms with Gasteiger partial charge in [-0.2, -0.15) is 0 Å². The molecule has 1 aromatic rings. The predicted octanol–water partition coefficient (Wildman–Crippen LogP) is 4.33. The quantitative estimate of drug-likeness (QED) is 0.657. The van der Waals surface area contributed by atoms with Crippen molar-refractivity contribution in [3.8, 4) is 0 Å². The van der Waals surface area contributed by atoms with Gasteiger partial charge in [-0.15, -0.1) is 0 Å². The van der Waals surface area contributed by atoms with Crippen LogP contribution in [-0.2, 0) is 6.54 Å². The van der Waals surface area contributed by atoms with Crippen LogP contribution in [0.5, 0.6) is 0 Å². The molecule has 2 N–H and O–H groups in total. The van der Waals surface area contributed by atoms with Crippen molar-refractivity contribution in [2.45, 2.75) is 77.0 Å². The first kappa shape index (κ1) is 15.5. The number of aliphatic hydroxyl groups excluding tert-OH is 1. The summed E-state index contributed by atoms with van der Waals surface area (Å²) >= 11 is 0. The lowest BCUT2D eigenvalue weighted by Crippen LogP contribution is -2.26. The maximum absolute atomic E-state index is 10.4. The second kappa shape index (κ2) is 8.43. The van der Waals surface area contributed by atoms with E-state index < -0.39 is 0 Å². The molecule has 0 spiro atoms. The maximum Gasteiger partial charge on any atom is 0.0735 e. The number of aliphatic hydroxyl groups is 1. The van der Waals surface area contributed by atoms with Crippen molar-refractivity contribution in [1.29, 1.82) is 0 Å². The number of benzene rings is 1. The average Bonchev–Trinajstić information content (AvgIpc) is 2.90. The molecular weight excluding hydrogens is 246 g/mol. The highest BCUT2D eigenvalue weighted by molar-refractivity contribution is 5.34. The van der Waals surface area contributed by atoms with E-state index in [2.05, 4.69) is 36.5 Å². The van der Waals surface area contributed by atoms with E-state index in [4.69, 9.17) is 0 Å². The summed E-state index contributed by atoms with van der Waals surface area (Å²) in [5.74, 6) is 0. The molecule has 0 saturated carbocycles. The van der Waals surface area contributed by atoms with E-state index >= 15 is 0 Å². The molecule has 1 aliphatic rings. The van der Waals surface area contributed by atoms with Crippen molar-refractivity contribution < 1.29 is 5.11 Å². The van der Waals surface area contributed by atoms with E-state index in [-0.39, 0.29) is 12.1 Å². The highest BCUT2D eigenvalue weighted by atomic mass is 16.3. The van der Waals surface area contributed by atoms with Gasteiger partial charge in [0.1, 0.15) is 0 Å². The topological polar surface area (TPSA) is 32.3 Å². The van der Waals surface area contributed by atoms with Gasteiger partial charge >= 0.3 is 0 Å². The molecule has 0 amide bonds. The van der Waals surface area contributed by atoms with Gasteiger partial charge in [-0.25, -0.2) is 0 Å². The molecule has 1 heterocycles. The van der Waals surface area contributed by atoms with Gasteiger partial charge in [0.15, 0.2) is 0 Å². The van der Waals surface area contributed by atoms with Crippen LogP contribution in [0.1, 0.15) is 75.5 Å². The minimum absolute atomic E-state index is 0.145. The van der Waals surface area contributed by atoms with Crippen LogP contribution in [0, 0.1) is 0 Å². The van der Waals surface area contributed by atoms with E-state index in [0.29, 0.717) is 0 Å². The van der Waals surface area contributed by atoms with E-state index in [9.17, 15) is 5.11 Å². The highest BCUT2D eigenvalue weighted by Crippen LogP contribution is 2.29. The molecule has 2 rings (SSSR count). The second-order valence-electron chi connectivity index (χ2n) is 6.03. The molecule has 0 aromatic heterocycles. The fourth-order valence-corrected chi connectivity index (χ4v) is 3.15. The molecule has 0 radical (unpaired) electrons. The van der Waals surface area contributed by atoms with Crippen LogP contribution in [0.3, 0.4) is 0 Å². The van der Waals surface area contributed by atoms with Crippen LogP contribution in [-0.4, -0.2) is 11.2 Å². The minimum atomic E-state index is -0.241. The molecule has 0 fully saturated rings. The molecule has 112 valence electrons. The van der Waals surface area contributed by atoms with Crippen LogP contribution in [0.2, 0.25) is 0 Å². The zero-order chi connectivity index (χ0) is 14.2. The first-order valence-corrected chi connectivity index (χ1v) is 8.32. The standard InChI is InChI=1S/C18H29NO/c1-2-3-4-5-6-7-8-13-17(20)18-16-12-10-9-11-15(16)14-19-18/h9-12,17-20H,2-8,13-14H2,1H3. The van der Waals surface area contributed by atoms with Gasteiger partial charge in [0.2, 0.25) is 0 Å². The third-order valence-electron chi connectivity index (χ3n) is 4.39. The van der Waals surface area contributed by atoms with Crippen LogP contribution in [0.4, 0.5) is 0 Å². The lowest BCUT2D eigenvalue weighted by Gasteiger charge is -2.19. The summed E-state index contributed by atoms with van der Waals surface area (Å²) in [6, 6.07) is 8.59. The monoisotopic (exact) mass is 275 g/mol. The van der Waals surface area contributed by atoms with E-state index in [1.54, 1.807) is 0 Å². The van der Waals surface area contributed by atoms with Gasteiger partial charge in [-0.1, -0.05) is 76.1 Å². The van der Waals surface area contributed by atoms with Gasteiger partial charge in [0.25, 0.3) is 0 Å². The summed E-state index contributed by atoms with van der Waals surface area (Å²) in [5, 5.41) is 13.8. The Morgan fingerprint density at radius 1 is 1.10 bits per heavy atom. The number of hydrogen-bond acceptors (Lipinski definition) is 2. The summed E-state index contributed by atoms with van der Waals surface area (Å²) < 4.78 is 0. The van der Waals surface area contributed by atoms with Gasteiger partial charge in [-0.3, -0.25) is 0 Å². The van der Waals surface area contributed by atoms with Crippen LogP contribution in [0.15, 0.2) is 24.3 Å². The predicted molar refractivity (Wildman–Crippen MR) is 84.6 cm³/mol. The number of fused-ring (bicyclic) bond motifs is 1. The van der Waals surface area contributed by atoms with E-state index in [0.717, 1.165) is 19.4 Å². The summed E-state index contributed by atoms with van der Waals surface area (Å²) in [7, 11) is 0. The number of nitrogens with one attached hydrogen (secondary N) is 1. The molecule has 0 saturated heterocycles. The third kappa shape index (κ3) is 4.32. The summed E-state index contributed by atoms with van der Waals surface area (Å²) in [4.78, 5) is 0. The summed E-state index contributed by atoms with van der Waals surface area (Å²) in [6.07, 6.45) is 9.81. The van der Waals surface area contributed by atoms with Crippen molar-refractivity contribution in [2.75, 3.05) is 0 Å². The molecular formula is C18H29NO.